The fraction of sp³-hybridized carbons (Fsp3) is 0.367. The molecule has 0 atom stereocenters. The largest absolute Gasteiger partial charge is 0.393 e. The first-order valence-electron chi connectivity index (χ1n) is 13.4. The van der Waals surface area contributed by atoms with Gasteiger partial charge in [-0.15, -0.1) is 0 Å². The number of carbonyl (C=O) groups excluding carboxylic acids is 1. The molecular formula is C30H39N7O2. The van der Waals surface area contributed by atoms with Crippen LogP contribution in [-0.4, -0.2) is 82.4 Å². The lowest BCUT2D eigenvalue weighted by Gasteiger charge is -2.29. The van der Waals surface area contributed by atoms with Crippen LogP contribution >= 0.6 is 0 Å². The van der Waals surface area contributed by atoms with Crippen LogP contribution in [0.1, 0.15) is 35.8 Å². The predicted octanol–water partition coefficient (Wildman–Crippen LogP) is 3.44. The van der Waals surface area contributed by atoms with Gasteiger partial charge in [0.1, 0.15) is 0 Å². The topological polar surface area (TPSA) is 109 Å². The van der Waals surface area contributed by atoms with Gasteiger partial charge in [0, 0.05) is 67.5 Å². The van der Waals surface area contributed by atoms with Gasteiger partial charge in [-0.25, -0.2) is 0 Å². The van der Waals surface area contributed by atoms with Crippen molar-refractivity contribution in [1.29, 1.82) is 0 Å². The molecule has 1 aliphatic rings. The van der Waals surface area contributed by atoms with E-state index in [0.717, 1.165) is 78.9 Å². The molecule has 0 radical (unpaired) electrons. The zero-order valence-corrected chi connectivity index (χ0v) is 23.1. The second-order valence-electron chi connectivity index (χ2n) is 10.2. The highest BCUT2D eigenvalue weighted by atomic mass is 16.3. The first-order chi connectivity index (χ1) is 18.8. The average Bonchev–Trinajstić information content (AvgIpc) is 3.36. The Hall–Kier alpha value is -3.79. The minimum absolute atomic E-state index is 0.187. The summed E-state index contributed by atoms with van der Waals surface area (Å²) in [4.78, 5) is 22.1. The standard InChI is InChI=1S/C30H39N7O2/c1-5-25(8-6-21(2)32-12-15-36(3)4)33-30(39)29-27-17-23(7-9-28(27)34-35-29)24-16-22(18-31-19-24)20-37-13-10-26(38)11-14-37/h5-9,16-19,26,32,38H,2,10-15,20H2,1,3-4H3,(H,33,39)(H,34,35)/b8-6-,25-5+. The summed E-state index contributed by atoms with van der Waals surface area (Å²) in [5.74, 6) is -0.290. The number of H-pyrrole nitrogens is 1. The Bertz CT molecular complexity index is 1350. The van der Waals surface area contributed by atoms with Crippen LogP contribution < -0.4 is 10.6 Å². The zero-order chi connectivity index (χ0) is 27.8. The van der Waals surface area contributed by atoms with Crippen LogP contribution in [0.25, 0.3) is 22.0 Å². The fourth-order valence-corrected chi connectivity index (χ4v) is 4.52. The summed E-state index contributed by atoms with van der Waals surface area (Å²) in [5, 5.41) is 24.0. The van der Waals surface area contributed by atoms with Crippen molar-refractivity contribution in [2.75, 3.05) is 40.3 Å². The third-order valence-electron chi connectivity index (χ3n) is 6.81. The van der Waals surface area contributed by atoms with Crippen LogP contribution in [0.5, 0.6) is 0 Å². The molecular weight excluding hydrogens is 490 g/mol. The van der Waals surface area contributed by atoms with Crippen LogP contribution in [0, 0.1) is 0 Å². The maximum absolute atomic E-state index is 13.2. The number of likely N-dealkylation sites (N-methyl/N-ethyl adjacent to an activating group) is 1. The van der Waals surface area contributed by atoms with E-state index in [-0.39, 0.29) is 12.0 Å². The monoisotopic (exact) mass is 529 g/mol. The normalized spacial score (nSPS) is 15.4. The molecule has 0 unspecified atom stereocenters. The Kier molecular flexibility index (Phi) is 9.64. The number of aromatic amines is 1. The minimum Gasteiger partial charge on any atom is -0.393 e. The average molecular weight is 530 g/mol. The molecule has 1 amide bonds. The molecule has 39 heavy (non-hydrogen) atoms. The third-order valence-corrected chi connectivity index (χ3v) is 6.81. The number of aliphatic hydroxyl groups excluding tert-OH is 1. The number of rotatable bonds is 11. The number of pyridine rings is 1. The molecule has 1 aromatic carbocycles. The van der Waals surface area contributed by atoms with E-state index < -0.39 is 0 Å². The van der Waals surface area contributed by atoms with E-state index in [1.807, 2.05) is 69.8 Å². The van der Waals surface area contributed by atoms with E-state index in [9.17, 15) is 9.90 Å². The number of piperidine rings is 1. The van der Waals surface area contributed by atoms with Crippen molar-refractivity contribution in [3.8, 4) is 11.1 Å². The maximum Gasteiger partial charge on any atom is 0.276 e. The maximum atomic E-state index is 13.2. The number of aliphatic hydroxyl groups is 1. The van der Waals surface area contributed by atoms with Gasteiger partial charge in [0.2, 0.25) is 0 Å². The smallest absolute Gasteiger partial charge is 0.276 e. The number of aromatic nitrogens is 3. The fourth-order valence-electron chi connectivity index (χ4n) is 4.52. The Labute approximate surface area is 230 Å². The van der Waals surface area contributed by atoms with Crippen LogP contribution in [0.3, 0.4) is 0 Å². The number of fused-ring (bicyclic) bond motifs is 1. The van der Waals surface area contributed by atoms with Gasteiger partial charge in [0.15, 0.2) is 5.69 Å². The van der Waals surface area contributed by atoms with Gasteiger partial charge in [0.25, 0.3) is 5.91 Å². The first kappa shape index (κ1) is 28.2. The summed E-state index contributed by atoms with van der Waals surface area (Å²) in [5.41, 5.74) is 5.62. The molecule has 3 heterocycles. The van der Waals surface area contributed by atoms with E-state index >= 15 is 0 Å². The number of benzene rings is 1. The van der Waals surface area contributed by atoms with Crippen molar-refractivity contribution in [3.05, 3.63) is 84.1 Å². The Balaban J connectivity index is 1.45. The van der Waals surface area contributed by atoms with Crippen molar-refractivity contribution in [2.45, 2.75) is 32.4 Å². The van der Waals surface area contributed by atoms with Crippen LogP contribution in [0.2, 0.25) is 0 Å². The highest BCUT2D eigenvalue weighted by molar-refractivity contribution is 6.06. The molecule has 0 bridgehead atoms. The summed E-state index contributed by atoms with van der Waals surface area (Å²) in [7, 11) is 4.04. The van der Waals surface area contributed by atoms with E-state index in [0.29, 0.717) is 11.4 Å². The summed E-state index contributed by atoms with van der Waals surface area (Å²) in [6.45, 7) is 10.1. The van der Waals surface area contributed by atoms with Gasteiger partial charge < -0.3 is 20.6 Å². The van der Waals surface area contributed by atoms with Gasteiger partial charge >= 0.3 is 0 Å². The molecule has 1 saturated heterocycles. The number of hydrogen-bond donors (Lipinski definition) is 4. The molecule has 0 aliphatic carbocycles. The van der Waals surface area contributed by atoms with Crippen molar-refractivity contribution in [3.63, 3.8) is 0 Å². The van der Waals surface area contributed by atoms with Gasteiger partial charge in [-0.2, -0.15) is 5.10 Å². The van der Waals surface area contributed by atoms with E-state index in [1.54, 1.807) is 0 Å². The highest BCUT2D eigenvalue weighted by Gasteiger charge is 2.18. The second-order valence-corrected chi connectivity index (χ2v) is 10.2. The number of amides is 1. The summed E-state index contributed by atoms with van der Waals surface area (Å²) < 4.78 is 0. The van der Waals surface area contributed by atoms with Crippen LogP contribution in [0.4, 0.5) is 0 Å². The molecule has 206 valence electrons. The number of carbonyl (C=O) groups is 1. The van der Waals surface area contributed by atoms with E-state index in [1.165, 1.54) is 0 Å². The SMILES string of the molecule is C=C(/C=C\C(=C/C)NC(=O)c1n[nH]c2ccc(-c3cncc(CN4CCC(O)CC4)c3)cc12)NCCN(C)C. The van der Waals surface area contributed by atoms with Gasteiger partial charge in [-0.1, -0.05) is 18.7 Å². The molecule has 4 N–H and O–H groups in total. The van der Waals surface area contributed by atoms with Crippen molar-refractivity contribution in [1.82, 2.24) is 35.6 Å². The lowest BCUT2D eigenvalue weighted by atomic mass is 10.0. The second kappa shape index (κ2) is 13.3. The van der Waals surface area contributed by atoms with Crippen LogP contribution in [-0.2, 0) is 6.54 Å². The quantitative estimate of drug-likeness (QED) is 0.282. The van der Waals surface area contributed by atoms with E-state index in [4.69, 9.17) is 0 Å². The van der Waals surface area contributed by atoms with Gasteiger partial charge in [-0.3, -0.25) is 19.8 Å². The van der Waals surface area contributed by atoms with Crippen molar-refractivity contribution < 1.29 is 9.90 Å². The molecule has 9 heteroatoms. The number of nitrogens with zero attached hydrogens (tertiary/aromatic N) is 4. The number of nitrogens with one attached hydrogen (secondary N) is 3. The molecule has 0 saturated carbocycles. The molecule has 1 aliphatic heterocycles. The Morgan fingerprint density at radius 3 is 2.74 bits per heavy atom. The summed E-state index contributed by atoms with van der Waals surface area (Å²) >= 11 is 0. The lowest BCUT2D eigenvalue weighted by molar-refractivity contribution is 0.0792. The van der Waals surface area contributed by atoms with Crippen molar-refractivity contribution >= 4 is 16.8 Å². The molecule has 0 spiro atoms. The van der Waals surface area contributed by atoms with Gasteiger partial charge in [-0.05, 0) is 75.3 Å². The summed E-state index contributed by atoms with van der Waals surface area (Å²) in [6.07, 6.45) is 10.7. The third kappa shape index (κ3) is 7.86. The van der Waals surface area contributed by atoms with Gasteiger partial charge in [0.05, 0.1) is 11.6 Å². The Morgan fingerprint density at radius 1 is 1.21 bits per heavy atom. The predicted molar refractivity (Wildman–Crippen MR) is 156 cm³/mol. The molecule has 2 aromatic heterocycles. The minimum atomic E-state index is -0.290. The zero-order valence-electron chi connectivity index (χ0n) is 23.1. The molecule has 9 nitrogen and oxygen atoms in total. The summed E-state index contributed by atoms with van der Waals surface area (Å²) in [6, 6.07) is 8.07. The molecule has 1 fully saturated rings. The lowest BCUT2D eigenvalue weighted by Crippen LogP contribution is -2.35. The van der Waals surface area contributed by atoms with Crippen molar-refractivity contribution in [2.24, 2.45) is 0 Å². The van der Waals surface area contributed by atoms with E-state index in [2.05, 4.69) is 48.3 Å². The number of allylic oxidation sites excluding steroid dienone is 3. The number of hydrogen-bond acceptors (Lipinski definition) is 7. The molecule has 3 aromatic rings. The Morgan fingerprint density at radius 2 is 2.00 bits per heavy atom. The number of likely N-dealkylation sites (tertiary alicyclic amines) is 1. The van der Waals surface area contributed by atoms with Crippen LogP contribution in [0.15, 0.2) is 72.9 Å². The highest BCUT2D eigenvalue weighted by Crippen LogP contribution is 2.26. The first-order valence-corrected chi connectivity index (χ1v) is 13.4. The molecule has 4 rings (SSSR count).